The fraction of sp³-hybridized carbons (Fsp3) is 0.400. The number of azo groups is 1. The van der Waals surface area contributed by atoms with Gasteiger partial charge in [-0.15, -0.1) is 13.2 Å². The largest absolute Gasteiger partial charge is 0.573 e. The van der Waals surface area contributed by atoms with Crippen molar-refractivity contribution in [2.24, 2.45) is 22.1 Å². The number of ketones is 1. The van der Waals surface area contributed by atoms with Gasteiger partial charge in [-0.05, 0) is 54.2 Å². The second-order valence-corrected chi connectivity index (χ2v) is 9.11. The number of benzene rings is 2. The van der Waals surface area contributed by atoms with E-state index in [9.17, 15) is 18.0 Å². The molecule has 6 nitrogen and oxygen atoms in total. The van der Waals surface area contributed by atoms with E-state index in [0.29, 0.717) is 23.9 Å². The number of likely N-dealkylation sites (tertiary alicyclic amines) is 2. The van der Waals surface area contributed by atoms with E-state index in [0.717, 1.165) is 57.0 Å². The van der Waals surface area contributed by atoms with Crippen molar-refractivity contribution in [2.75, 3.05) is 26.2 Å². The van der Waals surface area contributed by atoms with Crippen LogP contribution in [-0.2, 0) is 13.1 Å². The molecule has 2 saturated heterocycles. The van der Waals surface area contributed by atoms with E-state index < -0.39 is 6.36 Å². The van der Waals surface area contributed by atoms with Crippen molar-refractivity contribution in [3.05, 3.63) is 71.4 Å². The van der Waals surface area contributed by atoms with E-state index in [4.69, 9.17) is 0 Å². The standard InChI is InChI=1S/C25H25F3N4O2/c26-25(27,28)34-22-5-3-18(4-6-22)24(33)8-10-31-9-7-20-14-32(16-21(20)15-31)13-17-1-2-19-12-29-30-23(19)11-17/h1-6,8,10-11,20-21H,7,9,12-16H2/b10-8+/t20-,21-/m1/s1. The van der Waals surface area contributed by atoms with Crippen LogP contribution in [0.4, 0.5) is 18.9 Å². The van der Waals surface area contributed by atoms with E-state index in [1.54, 1.807) is 0 Å². The highest BCUT2D eigenvalue weighted by atomic mass is 19.4. The maximum Gasteiger partial charge on any atom is 0.573 e. The van der Waals surface area contributed by atoms with Gasteiger partial charge in [0.25, 0.3) is 0 Å². The van der Waals surface area contributed by atoms with Gasteiger partial charge in [-0.25, -0.2) is 0 Å². The molecule has 0 radical (unpaired) electrons. The van der Waals surface area contributed by atoms with Gasteiger partial charge in [-0.2, -0.15) is 10.2 Å². The van der Waals surface area contributed by atoms with Gasteiger partial charge in [-0.1, -0.05) is 12.1 Å². The summed E-state index contributed by atoms with van der Waals surface area (Å²) in [6, 6.07) is 11.4. The number of rotatable bonds is 6. The highest BCUT2D eigenvalue weighted by Crippen LogP contribution is 2.33. The van der Waals surface area contributed by atoms with E-state index >= 15 is 0 Å². The normalized spacial score (nSPS) is 22.3. The van der Waals surface area contributed by atoms with Crippen LogP contribution < -0.4 is 4.74 Å². The van der Waals surface area contributed by atoms with Gasteiger partial charge in [0.1, 0.15) is 5.75 Å². The van der Waals surface area contributed by atoms with E-state index in [1.807, 2.05) is 6.20 Å². The molecule has 2 aromatic carbocycles. The van der Waals surface area contributed by atoms with Gasteiger partial charge >= 0.3 is 6.36 Å². The Hall–Kier alpha value is -3.20. The lowest BCUT2D eigenvalue weighted by molar-refractivity contribution is -0.274. The van der Waals surface area contributed by atoms with Crippen molar-refractivity contribution in [2.45, 2.75) is 25.9 Å². The van der Waals surface area contributed by atoms with Crippen LogP contribution in [0.15, 0.2) is 65.0 Å². The third kappa shape index (κ3) is 5.30. The number of fused-ring (bicyclic) bond motifs is 2. The van der Waals surface area contributed by atoms with Crippen molar-refractivity contribution in [1.82, 2.24) is 9.80 Å². The predicted molar refractivity (Wildman–Crippen MR) is 120 cm³/mol. The molecule has 0 N–H and O–H groups in total. The molecule has 2 aromatic rings. The maximum absolute atomic E-state index is 12.4. The van der Waals surface area contributed by atoms with Crippen molar-refractivity contribution in [1.29, 1.82) is 0 Å². The fourth-order valence-corrected chi connectivity index (χ4v) is 5.03. The first-order chi connectivity index (χ1) is 16.3. The minimum atomic E-state index is -4.75. The zero-order valence-corrected chi connectivity index (χ0v) is 18.5. The molecule has 3 aliphatic heterocycles. The van der Waals surface area contributed by atoms with Crippen LogP contribution in [0, 0.1) is 11.8 Å². The Bertz CT molecular complexity index is 1110. The average Bonchev–Trinajstić information content (AvgIpc) is 3.42. The molecule has 3 heterocycles. The van der Waals surface area contributed by atoms with Gasteiger partial charge in [0.2, 0.25) is 0 Å². The number of ether oxygens (including phenoxy) is 1. The lowest BCUT2D eigenvalue weighted by Gasteiger charge is -2.33. The molecular formula is C25H25F3N4O2. The zero-order valence-electron chi connectivity index (χ0n) is 18.5. The van der Waals surface area contributed by atoms with Gasteiger partial charge < -0.3 is 9.64 Å². The summed E-state index contributed by atoms with van der Waals surface area (Å²) in [6.07, 6.45) is -0.374. The summed E-state index contributed by atoms with van der Waals surface area (Å²) in [6.45, 7) is 5.44. The van der Waals surface area contributed by atoms with E-state index in [1.165, 1.54) is 29.3 Å². The quantitative estimate of drug-likeness (QED) is 0.423. The van der Waals surface area contributed by atoms with Crippen molar-refractivity contribution in [3.8, 4) is 5.75 Å². The Morgan fingerprint density at radius 3 is 2.68 bits per heavy atom. The first-order valence-corrected chi connectivity index (χ1v) is 11.4. The number of piperidine rings is 1. The monoisotopic (exact) mass is 470 g/mol. The Labute approximate surface area is 195 Å². The van der Waals surface area contributed by atoms with Crippen LogP contribution in [0.5, 0.6) is 5.75 Å². The first kappa shape index (κ1) is 22.6. The van der Waals surface area contributed by atoms with Crippen LogP contribution in [0.25, 0.3) is 0 Å². The summed E-state index contributed by atoms with van der Waals surface area (Å²) in [7, 11) is 0. The van der Waals surface area contributed by atoms with Crippen LogP contribution in [0.2, 0.25) is 0 Å². The van der Waals surface area contributed by atoms with Crippen LogP contribution in [-0.4, -0.2) is 48.1 Å². The highest BCUT2D eigenvalue weighted by molar-refractivity contribution is 6.04. The Morgan fingerprint density at radius 2 is 1.88 bits per heavy atom. The summed E-state index contributed by atoms with van der Waals surface area (Å²) in [4.78, 5) is 17.1. The predicted octanol–water partition coefficient (Wildman–Crippen LogP) is 5.33. The van der Waals surface area contributed by atoms with Crippen LogP contribution in [0.1, 0.15) is 27.9 Å². The number of carbonyl (C=O) groups excluding carboxylic acids is 1. The first-order valence-electron chi connectivity index (χ1n) is 11.4. The molecule has 0 aliphatic carbocycles. The molecule has 178 valence electrons. The Kier molecular flexibility index (Phi) is 6.12. The number of hydrogen-bond acceptors (Lipinski definition) is 6. The molecular weight excluding hydrogens is 445 g/mol. The third-order valence-corrected chi connectivity index (χ3v) is 6.69. The lowest BCUT2D eigenvalue weighted by atomic mass is 9.89. The SMILES string of the molecule is O=C(/C=C/N1CC[C@@H]2CN(Cc3ccc4c(c3)N=NC4)C[C@H]2C1)c1ccc(OC(F)(F)F)cc1. The van der Waals surface area contributed by atoms with E-state index in [-0.39, 0.29) is 11.5 Å². The number of carbonyl (C=O) groups is 1. The molecule has 0 amide bonds. The average molecular weight is 470 g/mol. The van der Waals surface area contributed by atoms with Crippen LogP contribution >= 0.6 is 0 Å². The maximum atomic E-state index is 12.4. The molecule has 0 unspecified atom stereocenters. The number of alkyl halides is 3. The molecule has 0 aromatic heterocycles. The minimum Gasteiger partial charge on any atom is -0.406 e. The topological polar surface area (TPSA) is 57.5 Å². The van der Waals surface area contributed by atoms with Crippen LogP contribution in [0.3, 0.4) is 0 Å². The molecule has 34 heavy (non-hydrogen) atoms. The molecule has 0 saturated carbocycles. The van der Waals surface area contributed by atoms with Crippen molar-refractivity contribution < 1.29 is 22.7 Å². The number of halogens is 3. The number of nitrogens with zero attached hydrogens (tertiary/aromatic N) is 4. The smallest absolute Gasteiger partial charge is 0.406 e. The van der Waals surface area contributed by atoms with Crippen molar-refractivity contribution in [3.63, 3.8) is 0 Å². The second-order valence-electron chi connectivity index (χ2n) is 9.11. The van der Waals surface area contributed by atoms with Gasteiger partial charge in [0, 0.05) is 56.1 Å². The number of allylic oxidation sites excluding steroid dienone is 1. The summed E-state index contributed by atoms with van der Waals surface area (Å²) < 4.78 is 40.7. The van der Waals surface area contributed by atoms with Crippen molar-refractivity contribution >= 4 is 11.5 Å². The third-order valence-electron chi connectivity index (χ3n) is 6.69. The molecule has 9 heteroatoms. The highest BCUT2D eigenvalue weighted by Gasteiger charge is 2.36. The van der Waals surface area contributed by atoms with Gasteiger partial charge in [0.15, 0.2) is 5.78 Å². The lowest BCUT2D eigenvalue weighted by Crippen LogP contribution is -2.36. The molecule has 0 spiro atoms. The molecule has 2 fully saturated rings. The molecule has 0 bridgehead atoms. The Morgan fingerprint density at radius 1 is 1.09 bits per heavy atom. The summed E-state index contributed by atoms with van der Waals surface area (Å²) in [5, 5.41) is 8.29. The molecule has 3 aliphatic rings. The summed E-state index contributed by atoms with van der Waals surface area (Å²) >= 11 is 0. The summed E-state index contributed by atoms with van der Waals surface area (Å²) in [5.41, 5.74) is 3.74. The Balaban J connectivity index is 1.13. The summed E-state index contributed by atoms with van der Waals surface area (Å²) in [5.74, 6) is 0.602. The molecule has 5 rings (SSSR count). The van der Waals surface area contributed by atoms with E-state index in [2.05, 4.69) is 43.0 Å². The van der Waals surface area contributed by atoms with Gasteiger partial charge in [-0.3, -0.25) is 9.69 Å². The minimum absolute atomic E-state index is 0.248. The van der Waals surface area contributed by atoms with Gasteiger partial charge in [0.05, 0.1) is 12.2 Å². The number of hydrogen-bond donors (Lipinski definition) is 0. The fourth-order valence-electron chi connectivity index (χ4n) is 5.03. The zero-order chi connectivity index (χ0) is 23.7. The second kappa shape index (κ2) is 9.21. The molecule has 2 atom stereocenters.